The Kier molecular flexibility index (Phi) is 4.31. The van der Waals surface area contributed by atoms with Crippen LogP contribution in [0, 0.1) is 5.82 Å². The first-order valence-electron chi connectivity index (χ1n) is 5.91. The highest BCUT2D eigenvalue weighted by Crippen LogP contribution is 2.36. The third-order valence-electron chi connectivity index (χ3n) is 2.89. The first-order valence-corrected chi connectivity index (χ1v) is 8.34. The number of thiazole rings is 1. The van der Waals surface area contributed by atoms with Crippen molar-refractivity contribution in [3.63, 3.8) is 0 Å². The van der Waals surface area contributed by atoms with Gasteiger partial charge in [0, 0.05) is 21.0 Å². The third-order valence-corrected chi connectivity index (χ3v) is 5.06. The lowest BCUT2D eigenvalue weighted by Crippen LogP contribution is -1.85. The van der Waals surface area contributed by atoms with Crippen LogP contribution in [-0.2, 0) is 0 Å². The summed E-state index contributed by atoms with van der Waals surface area (Å²) in [6.07, 6.45) is 0. The highest BCUT2D eigenvalue weighted by molar-refractivity contribution is 9.10. The summed E-state index contributed by atoms with van der Waals surface area (Å²) in [7, 11) is 0. The monoisotopic (exact) mass is 401 g/mol. The van der Waals surface area contributed by atoms with Crippen molar-refractivity contribution in [2.75, 3.05) is 0 Å². The van der Waals surface area contributed by atoms with Crippen LogP contribution in [0.2, 0.25) is 10.0 Å². The summed E-state index contributed by atoms with van der Waals surface area (Å²) in [6, 6.07) is 10.5. The SMILES string of the molecule is Fc1cc(-c2csc(-c3ccccc3Br)n2)c(Cl)cc1Cl. The van der Waals surface area contributed by atoms with Gasteiger partial charge in [0.25, 0.3) is 0 Å². The molecule has 21 heavy (non-hydrogen) atoms. The van der Waals surface area contributed by atoms with Gasteiger partial charge in [-0.3, -0.25) is 0 Å². The van der Waals surface area contributed by atoms with Crippen LogP contribution in [0.25, 0.3) is 21.8 Å². The molecule has 2 aromatic carbocycles. The maximum absolute atomic E-state index is 13.6. The zero-order valence-corrected chi connectivity index (χ0v) is 14.3. The average molecular weight is 403 g/mol. The first-order chi connectivity index (χ1) is 10.1. The van der Waals surface area contributed by atoms with Crippen molar-refractivity contribution in [1.82, 2.24) is 4.98 Å². The smallest absolute Gasteiger partial charge is 0.142 e. The zero-order valence-electron chi connectivity index (χ0n) is 10.4. The average Bonchev–Trinajstić information content (AvgIpc) is 2.92. The molecule has 1 aromatic heterocycles. The van der Waals surface area contributed by atoms with Crippen molar-refractivity contribution >= 4 is 50.5 Å². The Morgan fingerprint density at radius 2 is 1.81 bits per heavy atom. The summed E-state index contributed by atoms with van der Waals surface area (Å²) in [5.41, 5.74) is 2.15. The summed E-state index contributed by atoms with van der Waals surface area (Å²) in [4.78, 5) is 4.54. The Morgan fingerprint density at radius 3 is 2.57 bits per heavy atom. The normalized spacial score (nSPS) is 10.9. The maximum atomic E-state index is 13.6. The van der Waals surface area contributed by atoms with Gasteiger partial charge in [-0.05, 0) is 18.2 Å². The second-order valence-corrected chi connectivity index (χ2v) is 6.79. The maximum Gasteiger partial charge on any atom is 0.142 e. The van der Waals surface area contributed by atoms with Gasteiger partial charge in [-0.1, -0.05) is 57.3 Å². The Morgan fingerprint density at radius 1 is 1.05 bits per heavy atom. The predicted molar refractivity (Wildman–Crippen MR) is 90.7 cm³/mol. The van der Waals surface area contributed by atoms with E-state index in [-0.39, 0.29) is 5.02 Å². The van der Waals surface area contributed by atoms with Crippen molar-refractivity contribution < 1.29 is 4.39 Å². The van der Waals surface area contributed by atoms with Crippen molar-refractivity contribution in [2.24, 2.45) is 0 Å². The largest absolute Gasteiger partial charge is 0.236 e. The fourth-order valence-electron chi connectivity index (χ4n) is 1.87. The molecule has 0 spiro atoms. The molecule has 3 aromatic rings. The van der Waals surface area contributed by atoms with Gasteiger partial charge in [0.15, 0.2) is 0 Å². The van der Waals surface area contributed by atoms with Gasteiger partial charge in [0.2, 0.25) is 0 Å². The van der Waals surface area contributed by atoms with Crippen LogP contribution in [0.1, 0.15) is 0 Å². The molecule has 0 saturated heterocycles. The molecular weight excluding hydrogens is 396 g/mol. The van der Waals surface area contributed by atoms with E-state index in [0.29, 0.717) is 16.3 Å². The zero-order chi connectivity index (χ0) is 15.0. The number of halogens is 4. The van der Waals surface area contributed by atoms with E-state index < -0.39 is 5.82 Å². The summed E-state index contributed by atoms with van der Waals surface area (Å²) < 4.78 is 14.6. The molecule has 3 rings (SSSR count). The van der Waals surface area contributed by atoms with Crippen LogP contribution in [0.4, 0.5) is 4.39 Å². The molecule has 1 heterocycles. The van der Waals surface area contributed by atoms with Crippen molar-refractivity contribution in [3.8, 4) is 21.8 Å². The van der Waals surface area contributed by atoms with Crippen LogP contribution in [0.3, 0.4) is 0 Å². The molecule has 6 heteroatoms. The van der Waals surface area contributed by atoms with Gasteiger partial charge in [-0.25, -0.2) is 9.37 Å². The van der Waals surface area contributed by atoms with Gasteiger partial charge >= 0.3 is 0 Å². The van der Waals surface area contributed by atoms with Gasteiger partial charge in [0.05, 0.1) is 15.7 Å². The molecule has 0 aliphatic carbocycles. The highest BCUT2D eigenvalue weighted by Gasteiger charge is 2.14. The minimum atomic E-state index is -0.508. The third kappa shape index (κ3) is 2.99. The molecule has 106 valence electrons. The minimum Gasteiger partial charge on any atom is -0.236 e. The summed E-state index contributed by atoms with van der Waals surface area (Å²) in [5, 5.41) is 3.07. The minimum absolute atomic E-state index is 0.00464. The summed E-state index contributed by atoms with van der Waals surface area (Å²) in [6.45, 7) is 0. The lowest BCUT2D eigenvalue weighted by atomic mass is 10.1. The van der Waals surface area contributed by atoms with E-state index >= 15 is 0 Å². The van der Waals surface area contributed by atoms with Crippen molar-refractivity contribution in [2.45, 2.75) is 0 Å². The van der Waals surface area contributed by atoms with E-state index in [4.69, 9.17) is 23.2 Å². The number of hydrogen-bond acceptors (Lipinski definition) is 2. The van der Waals surface area contributed by atoms with Crippen LogP contribution in [-0.4, -0.2) is 4.98 Å². The van der Waals surface area contributed by atoms with E-state index in [9.17, 15) is 4.39 Å². The molecule has 0 saturated carbocycles. The number of nitrogens with zero attached hydrogens (tertiary/aromatic N) is 1. The second kappa shape index (κ2) is 6.05. The van der Waals surface area contributed by atoms with E-state index in [1.165, 1.54) is 23.5 Å². The molecule has 0 fully saturated rings. The Balaban J connectivity index is 2.07. The topological polar surface area (TPSA) is 12.9 Å². The predicted octanol–water partition coefficient (Wildman–Crippen LogP) is 6.69. The van der Waals surface area contributed by atoms with E-state index in [1.54, 1.807) is 0 Å². The van der Waals surface area contributed by atoms with Gasteiger partial charge in [-0.2, -0.15) is 0 Å². The molecule has 0 N–H and O–H groups in total. The standard InChI is InChI=1S/C15H7BrCl2FNS/c16-10-4-2-1-3-8(10)15-20-14(7-21-15)9-5-13(19)12(18)6-11(9)17/h1-7H. The first kappa shape index (κ1) is 15.0. The quantitative estimate of drug-likeness (QED) is 0.435. The van der Waals surface area contributed by atoms with Crippen molar-refractivity contribution in [1.29, 1.82) is 0 Å². The fourth-order valence-corrected chi connectivity index (χ4v) is 3.82. The number of benzene rings is 2. The molecule has 0 aliphatic heterocycles. The number of hydrogen-bond donors (Lipinski definition) is 0. The molecule has 0 aliphatic rings. The second-order valence-electron chi connectivity index (χ2n) is 4.26. The van der Waals surface area contributed by atoms with Crippen LogP contribution < -0.4 is 0 Å². The van der Waals surface area contributed by atoms with Crippen LogP contribution in [0.5, 0.6) is 0 Å². The Hall–Kier alpha value is -0.940. The Bertz CT molecular complexity index is 819. The van der Waals surface area contributed by atoms with Gasteiger partial charge in [0.1, 0.15) is 10.8 Å². The molecule has 0 amide bonds. The molecule has 0 atom stereocenters. The molecular formula is C15H7BrCl2FNS. The molecule has 0 bridgehead atoms. The van der Waals surface area contributed by atoms with Crippen LogP contribution in [0.15, 0.2) is 46.3 Å². The molecule has 1 nitrogen and oxygen atoms in total. The highest BCUT2D eigenvalue weighted by atomic mass is 79.9. The van der Waals surface area contributed by atoms with Gasteiger partial charge in [-0.15, -0.1) is 11.3 Å². The van der Waals surface area contributed by atoms with E-state index in [1.807, 2.05) is 29.6 Å². The van der Waals surface area contributed by atoms with Gasteiger partial charge < -0.3 is 0 Å². The van der Waals surface area contributed by atoms with Crippen molar-refractivity contribution in [3.05, 3.63) is 62.1 Å². The van der Waals surface area contributed by atoms with E-state index in [0.717, 1.165) is 15.0 Å². The summed E-state index contributed by atoms with van der Waals surface area (Å²) >= 11 is 16.8. The molecule has 0 radical (unpaired) electrons. The summed E-state index contributed by atoms with van der Waals surface area (Å²) in [5.74, 6) is -0.508. The van der Waals surface area contributed by atoms with E-state index in [2.05, 4.69) is 20.9 Å². The lowest BCUT2D eigenvalue weighted by Gasteiger charge is -2.03. The fraction of sp³-hybridized carbons (Fsp3) is 0. The number of rotatable bonds is 2. The Labute approximate surface area is 143 Å². The number of aromatic nitrogens is 1. The lowest BCUT2D eigenvalue weighted by molar-refractivity contribution is 0.629. The van der Waals surface area contributed by atoms with Crippen LogP contribution >= 0.6 is 50.5 Å². The molecule has 0 unspecified atom stereocenters.